The minimum absolute atomic E-state index is 0.187. The van der Waals surface area contributed by atoms with Crippen LogP contribution in [0, 0.1) is 0 Å². The lowest BCUT2D eigenvalue weighted by Gasteiger charge is -2.02. The van der Waals surface area contributed by atoms with E-state index < -0.39 is 0 Å². The first kappa shape index (κ1) is 10.6. The molecule has 0 unspecified atom stereocenters. The molecule has 2 aromatic rings. The summed E-state index contributed by atoms with van der Waals surface area (Å²) in [6, 6.07) is 10.5. The van der Waals surface area contributed by atoms with E-state index in [0.717, 1.165) is 5.69 Å². The van der Waals surface area contributed by atoms with E-state index in [-0.39, 0.29) is 6.29 Å². The first-order valence-electron chi connectivity index (χ1n) is 5.80. The lowest BCUT2D eigenvalue weighted by molar-refractivity contribution is -0.000921. The molecule has 17 heavy (non-hydrogen) atoms. The topological polar surface area (TPSA) is 23.4 Å². The standard InChI is InChI=1S/C14H15NO2/c1-15-12(6-7-14-16-8-9-17-14)10-11-4-2-3-5-13(11)15/h2-7,10,14H,8-9H2,1H3/b7-6-. The number of benzene rings is 1. The zero-order chi connectivity index (χ0) is 11.7. The fourth-order valence-corrected chi connectivity index (χ4v) is 2.14. The highest BCUT2D eigenvalue weighted by molar-refractivity contribution is 5.83. The zero-order valence-electron chi connectivity index (χ0n) is 9.80. The van der Waals surface area contributed by atoms with E-state index in [2.05, 4.69) is 48.0 Å². The zero-order valence-corrected chi connectivity index (χ0v) is 9.80. The van der Waals surface area contributed by atoms with Gasteiger partial charge in [0.05, 0.1) is 13.2 Å². The highest BCUT2D eigenvalue weighted by Crippen LogP contribution is 2.19. The van der Waals surface area contributed by atoms with Gasteiger partial charge in [0.15, 0.2) is 6.29 Å². The van der Waals surface area contributed by atoms with Gasteiger partial charge in [0.1, 0.15) is 0 Å². The lowest BCUT2D eigenvalue weighted by Crippen LogP contribution is -2.02. The largest absolute Gasteiger partial charge is 0.347 e. The van der Waals surface area contributed by atoms with Gasteiger partial charge in [0, 0.05) is 23.6 Å². The van der Waals surface area contributed by atoms with E-state index >= 15 is 0 Å². The van der Waals surface area contributed by atoms with Gasteiger partial charge in [0.2, 0.25) is 0 Å². The third-order valence-electron chi connectivity index (χ3n) is 3.06. The van der Waals surface area contributed by atoms with Crippen molar-refractivity contribution in [3.63, 3.8) is 0 Å². The Labute approximate surface area is 100 Å². The molecule has 0 saturated carbocycles. The van der Waals surface area contributed by atoms with E-state index in [0.29, 0.717) is 13.2 Å². The van der Waals surface area contributed by atoms with E-state index in [1.165, 1.54) is 10.9 Å². The second-order valence-electron chi connectivity index (χ2n) is 4.16. The Morgan fingerprint density at radius 1 is 1.24 bits per heavy atom. The van der Waals surface area contributed by atoms with E-state index in [4.69, 9.17) is 9.47 Å². The van der Waals surface area contributed by atoms with Crippen molar-refractivity contribution in [3.8, 4) is 0 Å². The first-order valence-corrected chi connectivity index (χ1v) is 5.80. The molecule has 1 aromatic carbocycles. The Kier molecular flexibility index (Phi) is 2.71. The van der Waals surface area contributed by atoms with Crippen molar-refractivity contribution < 1.29 is 9.47 Å². The van der Waals surface area contributed by atoms with Gasteiger partial charge in [-0.15, -0.1) is 0 Å². The van der Waals surface area contributed by atoms with Gasteiger partial charge in [-0.1, -0.05) is 18.2 Å². The molecule has 0 radical (unpaired) electrons. The molecule has 1 aromatic heterocycles. The normalized spacial score (nSPS) is 17.5. The third-order valence-corrected chi connectivity index (χ3v) is 3.06. The molecule has 0 atom stereocenters. The molecule has 2 heterocycles. The minimum Gasteiger partial charge on any atom is -0.347 e. The van der Waals surface area contributed by atoms with Crippen molar-refractivity contribution in [1.82, 2.24) is 4.57 Å². The second-order valence-corrected chi connectivity index (χ2v) is 4.16. The number of rotatable bonds is 2. The van der Waals surface area contributed by atoms with Gasteiger partial charge in [-0.05, 0) is 24.3 Å². The molecule has 1 aliphatic rings. The van der Waals surface area contributed by atoms with Crippen LogP contribution in [0.15, 0.2) is 36.4 Å². The Balaban J connectivity index is 1.92. The summed E-state index contributed by atoms with van der Waals surface area (Å²) in [6.07, 6.45) is 3.82. The highest BCUT2D eigenvalue weighted by Gasteiger charge is 2.12. The molecule has 0 spiro atoms. The van der Waals surface area contributed by atoms with Gasteiger partial charge in [-0.2, -0.15) is 0 Å². The fourth-order valence-electron chi connectivity index (χ4n) is 2.14. The summed E-state index contributed by atoms with van der Waals surface area (Å²) < 4.78 is 12.9. The van der Waals surface area contributed by atoms with Gasteiger partial charge in [-0.25, -0.2) is 0 Å². The number of hydrogen-bond acceptors (Lipinski definition) is 2. The molecule has 0 amide bonds. The molecule has 1 aliphatic heterocycles. The van der Waals surface area contributed by atoms with E-state index in [1.54, 1.807) is 0 Å². The summed E-state index contributed by atoms with van der Waals surface area (Å²) in [4.78, 5) is 0. The second kappa shape index (κ2) is 4.35. The van der Waals surface area contributed by atoms with Crippen molar-refractivity contribution in [3.05, 3.63) is 42.1 Å². The van der Waals surface area contributed by atoms with Crippen LogP contribution in [-0.2, 0) is 16.5 Å². The smallest absolute Gasteiger partial charge is 0.177 e. The number of hydrogen-bond donors (Lipinski definition) is 0. The van der Waals surface area contributed by atoms with E-state index in [9.17, 15) is 0 Å². The third kappa shape index (κ3) is 1.99. The Hall–Kier alpha value is -1.58. The van der Waals surface area contributed by atoms with Crippen molar-refractivity contribution in [2.45, 2.75) is 6.29 Å². The maximum Gasteiger partial charge on any atom is 0.177 e. The van der Waals surface area contributed by atoms with Gasteiger partial charge in [0.25, 0.3) is 0 Å². The SMILES string of the molecule is Cn1c(/C=C\C2OCCO2)cc2ccccc21. The predicted octanol–water partition coefficient (Wildman–Crippen LogP) is 2.56. The molecule has 0 N–H and O–H groups in total. The van der Waals surface area contributed by atoms with Gasteiger partial charge >= 0.3 is 0 Å². The van der Waals surface area contributed by atoms with Crippen LogP contribution in [0.1, 0.15) is 5.69 Å². The molecule has 1 saturated heterocycles. The highest BCUT2D eigenvalue weighted by atomic mass is 16.7. The summed E-state index contributed by atoms with van der Waals surface area (Å²) in [5.41, 5.74) is 2.39. The number of nitrogens with zero attached hydrogens (tertiary/aromatic N) is 1. The van der Waals surface area contributed by atoms with Crippen molar-refractivity contribution >= 4 is 17.0 Å². The monoisotopic (exact) mass is 229 g/mol. The summed E-state index contributed by atoms with van der Waals surface area (Å²) in [7, 11) is 2.07. The molecular formula is C14H15NO2. The minimum atomic E-state index is -0.187. The van der Waals surface area contributed by atoms with Gasteiger partial charge in [-0.3, -0.25) is 0 Å². The molecule has 1 fully saturated rings. The average Bonchev–Trinajstić information content (AvgIpc) is 2.96. The average molecular weight is 229 g/mol. The summed E-state index contributed by atoms with van der Waals surface area (Å²) in [5, 5.41) is 1.25. The van der Waals surface area contributed by atoms with E-state index in [1.807, 2.05) is 6.08 Å². The summed E-state index contributed by atoms with van der Waals surface area (Å²) in [6.45, 7) is 1.37. The molecule has 0 aliphatic carbocycles. The van der Waals surface area contributed by atoms with Crippen molar-refractivity contribution in [1.29, 1.82) is 0 Å². The number of fused-ring (bicyclic) bond motifs is 1. The maximum atomic E-state index is 5.37. The quantitative estimate of drug-likeness (QED) is 0.790. The van der Waals surface area contributed by atoms with Crippen LogP contribution >= 0.6 is 0 Å². The number of aryl methyl sites for hydroxylation is 1. The van der Waals surface area contributed by atoms with Crippen LogP contribution in [0.4, 0.5) is 0 Å². The molecular weight excluding hydrogens is 214 g/mol. The molecule has 3 nitrogen and oxygen atoms in total. The van der Waals surface area contributed by atoms with Crippen LogP contribution in [0.2, 0.25) is 0 Å². The lowest BCUT2D eigenvalue weighted by atomic mass is 10.2. The van der Waals surface area contributed by atoms with Crippen LogP contribution in [0.3, 0.4) is 0 Å². The Morgan fingerprint density at radius 3 is 2.76 bits per heavy atom. The number of ether oxygens (including phenoxy) is 2. The molecule has 88 valence electrons. The first-order chi connectivity index (χ1) is 8.34. The summed E-state index contributed by atoms with van der Waals surface area (Å²) in [5.74, 6) is 0. The maximum absolute atomic E-state index is 5.37. The van der Waals surface area contributed by atoms with Crippen molar-refractivity contribution in [2.24, 2.45) is 7.05 Å². The van der Waals surface area contributed by atoms with Gasteiger partial charge < -0.3 is 14.0 Å². The van der Waals surface area contributed by atoms with Crippen LogP contribution in [-0.4, -0.2) is 24.1 Å². The van der Waals surface area contributed by atoms with Crippen LogP contribution in [0.25, 0.3) is 17.0 Å². The van der Waals surface area contributed by atoms with Crippen LogP contribution < -0.4 is 0 Å². The van der Waals surface area contributed by atoms with Crippen molar-refractivity contribution in [2.75, 3.05) is 13.2 Å². The predicted molar refractivity (Wildman–Crippen MR) is 67.6 cm³/mol. The Morgan fingerprint density at radius 2 is 2.00 bits per heavy atom. The molecule has 3 rings (SSSR count). The number of aromatic nitrogens is 1. The number of para-hydroxylation sites is 1. The summed E-state index contributed by atoms with van der Waals surface area (Å²) >= 11 is 0. The molecule has 0 bridgehead atoms. The Bertz CT molecular complexity index is 550. The van der Waals surface area contributed by atoms with Crippen LogP contribution in [0.5, 0.6) is 0 Å². The molecule has 3 heteroatoms. The fraction of sp³-hybridized carbons (Fsp3) is 0.286.